The van der Waals surface area contributed by atoms with Crippen molar-refractivity contribution in [3.8, 4) is 0 Å². The molecule has 17 heavy (non-hydrogen) atoms. The van der Waals surface area contributed by atoms with Crippen LogP contribution >= 0.6 is 0 Å². The average Bonchev–Trinajstić information content (AvgIpc) is 2.77. The van der Waals surface area contributed by atoms with Crippen LogP contribution < -0.4 is 5.32 Å². The molecule has 2 atom stereocenters. The van der Waals surface area contributed by atoms with E-state index in [4.69, 9.17) is 0 Å². The molecule has 1 saturated carbocycles. The van der Waals surface area contributed by atoms with Crippen LogP contribution in [0.4, 0.5) is 4.39 Å². The van der Waals surface area contributed by atoms with Gasteiger partial charge in [0.2, 0.25) is 0 Å². The Morgan fingerprint density at radius 2 is 2.18 bits per heavy atom. The normalized spacial score (nSPS) is 24.2. The maximum absolute atomic E-state index is 13.4. The summed E-state index contributed by atoms with van der Waals surface area (Å²) in [6.45, 7) is 5.34. The zero-order valence-electron chi connectivity index (χ0n) is 10.8. The van der Waals surface area contributed by atoms with Crippen LogP contribution in [-0.4, -0.2) is 12.6 Å². The van der Waals surface area contributed by atoms with E-state index in [1.54, 1.807) is 12.1 Å². The Labute approximate surface area is 103 Å². The van der Waals surface area contributed by atoms with Gasteiger partial charge in [0.1, 0.15) is 5.82 Å². The fourth-order valence-electron chi connectivity index (χ4n) is 2.92. The van der Waals surface area contributed by atoms with Crippen LogP contribution in [0.2, 0.25) is 0 Å². The third-order valence-electron chi connectivity index (χ3n) is 3.81. The van der Waals surface area contributed by atoms with E-state index in [0.29, 0.717) is 12.0 Å². The molecule has 1 aromatic carbocycles. The van der Waals surface area contributed by atoms with Crippen molar-refractivity contribution in [3.63, 3.8) is 0 Å². The summed E-state index contributed by atoms with van der Waals surface area (Å²) >= 11 is 0. The van der Waals surface area contributed by atoms with Crippen molar-refractivity contribution in [1.29, 1.82) is 0 Å². The van der Waals surface area contributed by atoms with E-state index in [9.17, 15) is 4.39 Å². The van der Waals surface area contributed by atoms with Gasteiger partial charge in [-0.3, -0.25) is 0 Å². The fourth-order valence-corrected chi connectivity index (χ4v) is 2.92. The van der Waals surface area contributed by atoms with Gasteiger partial charge >= 0.3 is 0 Å². The Bertz CT molecular complexity index is 375. The Morgan fingerprint density at radius 3 is 2.94 bits per heavy atom. The second kappa shape index (κ2) is 5.63. The lowest BCUT2D eigenvalue weighted by Gasteiger charge is -2.23. The first kappa shape index (κ1) is 12.6. The molecule has 0 amide bonds. The maximum Gasteiger partial charge on any atom is 0.123 e. The minimum atomic E-state index is -0.105. The van der Waals surface area contributed by atoms with Crippen LogP contribution in [0.15, 0.2) is 18.2 Å². The smallest absolute Gasteiger partial charge is 0.123 e. The van der Waals surface area contributed by atoms with Gasteiger partial charge in [0.05, 0.1) is 0 Å². The molecule has 1 fully saturated rings. The third-order valence-corrected chi connectivity index (χ3v) is 3.81. The first-order valence-corrected chi connectivity index (χ1v) is 6.71. The van der Waals surface area contributed by atoms with Crippen molar-refractivity contribution < 1.29 is 4.39 Å². The predicted octanol–water partition coefficient (Wildman–Crippen LogP) is 3.77. The maximum atomic E-state index is 13.4. The highest BCUT2D eigenvalue weighted by atomic mass is 19.1. The van der Waals surface area contributed by atoms with Gasteiger partial charge in [-0.05, 0) is 61.9 Å². The lowest BCUT2D eigenvalue weighted by Crippen LogP contribution is -2.32. The fraction of sp³-hybridized carbons (Fsp3) is 0.600. The Morgan fingerprint density at radius 1 is 1.35 bits per heavy atom. The molecule has 0 heterocycles. The summed E-state index contributed by atoms with van der Waals surface area (Å²) in [4.78, 5) is 0. The number of benzene rings is 1. The molecule has 2 unspecified atom stereocenters. The first-order valence-electron chi connectivity index (χ1n) is 6.71. The van der Waals surface area contributed by atoms with Crippen LogP contribution in [0.25, 0.3) is 0 Å². The number of nitrogens with one attached hydrogen (secondary N) is 1. The topological polar surface area (TPSA) is 12.0 Å². The SMILES string of the molecule is CCCNC1CCCC1c1cc(F)ccc1C. The molecule has 0 spiro atoms. The van der Waals surface area contributed by atoms with Gasteiger partial charge < -0.3 is 5.32 Å². The molecule has 0 aliphatic heterocycles. The molecular weight excluding hydrogens is 213 g/mol. The molecule has 0 saturated heterocycles. The van der Waals surface area contributed by atoms with Gasteiger partial charge in [0.25, 0.3) is 0 Å². The summed E-state index contributed by atoms with van der Waals surface area (Å²) in [5, 5.41) is 3.60. The average molecular weight is 235 g/mol. The van der Waals surface area contributed by atoms with Gasteiger partial charge in [-0.2, -0.15) is 0 Å². The van der Waals surface area contributed by atoms with Crippen LogP contribution in [0.5, 0.6) is 0 Å². The highest BCUT2D eigenvalue weighted by Gasteiger charge is 2.29. The number of halogens is 1. The van der Waals surface area contributed by atoms with Gasteiger partial charge in [-0.25, -0.2) is 4.39 Å². The van der Waals surface area contributed by atoms with Gasteiger partial charge in [0, 0.05) is 6.04 Å². The van der Waals surface area contributed by atoms with E-state index in [-0.39, 0.29) is 5.82 Å². The molecule has 1 aliphatic rings. The molecule has 2 heteroatoms. The first-order chi connectivity index (χ1) is 8.22. The molecule has 0 aromatic heterocycles. The lowest BCUT2D eigenvalue weighted by molar-refractivity contribution is 0.476. The summed E-state index contributed by atoms with van der Waals surface area (Å²) in [7, 11) is 0. The van der Waals surface area contributed by atoms with Crippen LogP contribution in [0, 0.1) is 12.7 Å². The number of hydrogen-bond acceptors (Lipinski definition) is 1. The van der Waals surface area contributed by atoms with Crippen LogP contribution in [-0.2, 0) is 0 Å². The van der Waals surface area contributed by atoms with E-state index < -0.39 is 0 Å². The van der Waals surface area contributed by atoms with Gasteiger partial charge in [0.15, 0.2) is 0 Å². The van der Waals surface area contributed by atoms with Gasteiger partial charge in [-0.1, -0.05) is 19.4 Å². The zero-order valence-corrected chi connectivity index (χ0v) is 10.8. The standard InChI is InChI=1S/C15H22FN/c1-3-9-17-15-6-4-5-13(15)14-10-12(16)8-7-11(14)2/h7-8,10,13,15,17H,3-6,9H2,1-2H3. The van der Waals surface area contributed by atoms with Crippen LogP contribution in [0.1, 0.15) is 49.7 Å². The largest absolute Gasteiger partial charge is 0.313 e. The highest BCUT2D eigenvalue weighted by Crippen LogP contribution is 2.36. The summed E-state index contributed by atoms with van der Waals surface area (Å²) in [5.41, 5.74) is 2.43. The Balaban J connectivity index is 2.16. The molecule has 2 rings (SSSR count). The molecule has 0 radical (unpaired) electrons. The van der Waals surface area contributed by atoms with E-state index in [1.165, 1.54) is 30.4 Å². The number of rotatable bonds is 4. The monoisotopic (exact) mass is 235 g/mol. The molecule has 1 N–H and O–H groups in total. The van der Waals surface area contributed by atoms with Crippen molar-refractivity contribution in [2.75, 3.05) is 6.54 Å². The molecule has 0 bridgehead atoms. The van der Waals surface area contributed by atoms with E-state index in [0.717, 1.165) is 13.0 Å². The van der Waals surface area contributed by atoms with Crippen molar-refractivity contribution in [3.05, 3.63) is 35.1 Å². The highest BCUT2D eigenvalue weighted by molar-refractivity contribution is 5.32. The molecule has 1 nitrogen and oxygen atoms in total. The number of aryl methyl sites for hydroxylation is 1. The molecule has 1 aromatic rings. The zero-order chi connectivity index (χ0) is 12.3. The van der Waals surface area contributed by atoms with E-state index in [1.807, 2.05) is 6.07 Å². The van der Waals surface area contributed by atoms with Crippen molar-refractivity contribution in [2.24, 2.45) is 0 Å². The Kier molecular flexibility index (Phi) is 4.16. The minimum Gasteiger partial charge on any atom is -0.313 e. The molecule has 1 aliphatic carbocycles. The van der Waals surface area contributed by atoms with Crippen molar-refractivity contribution in [1.82, 2.24) is 5.32 Å². The second-order valence-corrected chi connectivity index (χ2v) is 5.10. The molecular formula is C15H22FN. The van der Waals surface area contributed by atoms with Gasteiger partial charge in [-0.15, -0.1) is 0 Å². The lowest BCUT2D eigenvalue weighted by atomic mass is 9.90. The van der Waals surface area contributed by atoms with Crippen molar-refractivity contribution in [2.45, 2.75) is 51.5 Å². The Hall–Kier alpha value is -0.890. The summed E-state index contributed by atoms with van der Waals surface area (Å²) < 4.78 is 13.4. The minimum absolute atomic E-state index is 0.105. The second-order valence-electron chi connectivity index (χ2n) is 5.10. The summed E-state index contributed by atoms with van der Waals surface area (Å²) in [6, 6.07) is 5.73. The van der Waals surface area contributed by atoms with E-state index in [2.05, 4.69) is 19.2 Å². The van der Waals surface area contributed by atoms with Crippen LogP contribution in [0.3, 0.4) is 0 Å². The van der Waals surface area contributed by atoms with Crippen molar-refractivity contribution >= 4 is 0 Å². The third kappa shape index (κ3) is 2.86. The quantitative estimate of drug-likeness (QED) is 0.837. The molecule has 94 valence electrons. The van der Waals surface area contributed by atoms with E-state index >= 15 is 0 Å². The predicted molar refractivity (Wildman–Crippen MR) is 69.8 cm³/mol. The summed E-state index contributed by atoms with van der Waals surface area (Å²) in [5.74, 6) is 0.393. The number of hydrogen-bond donors (Lipinski definition) is 1. The summed E-state index contributed by atoms with van der Waals surface area (Å²) in [6.07, 6.45) is 4.82.